The van der Waals surface area contributed by atoms with Gasteiger partial charge in [0, 0.05) is 26.0 Å². The van der Waals surface area contributed by atoms with Crippen LogP contribution < -0.4 is 34.7 Å². The smallest absolute Gasteiger partial charge is 0.550 e. The van der Waals surface area contributed by atoms with Gasteiger partial charge < -0.3 is 19.5 Å². The Morgan fingerprint density at radius 1 is 1.46 bits per heavy atom. The Kier molecular flexibility index (Phi) is 9.77. The van der Waals surface area contributed by atoms with Crippen molar-refractivity contribution in [3.05, 3.63) is 0 Å². The molecule has 70 valence electrons. The molecule has 6 heteroatoms. The van der Waals surface area contributed by atoms with E-state index < -0.39 is 12.1 Å². The summed E-state index contributed by atoms with van der Waals surface area (Å²) < 4.78 is 4.57. The van der Waals surface area contributed by atoms with E-state index in [0.717, 1.165) is 0 Å². The molecular formula is C7H12NNaO4. The van der Waals surface area contributed by atoms with Crippen LogP contribution in [-0.4, -0.2) is 37.2 Å². The summed E-state index contributed by atoms with van der Waals surface area (Å²) >= 11 is 0. The van der Waals surface area contributed by atoms with Gasteiger partial charge in [-0.2, -0.15) is 0 Å². The molecule has 0 unspecified atom stereocenters. The fourth-order valence-electron chi connectivity index (χ4n) is 0.461. The van der Waals surface area contributed by atoms with Crippen LogP contribution in [0.1, 0.15) is 13.3 Å². The van der Waals surface area contributed by atoms with Crippen LogP contribution in [0.15, 0.2) is 0 Å². The number of rotatable bonds is 4. The molecule has 1 amide bonds. The number of carbonyl (C=O) groups is 2. The molecule has 0 aliphatic heterocycles. The summed E-state index contributed by atoms with van der Waals surface area (Å²) in [5, 5.41) is 9.90. The zero-order chi connectivity index (χ0) is 9.56. The van der Waals surface area contributed by atoms with E-state index in [1.165, 1.54) is 4.90 Å². The molecular weight excluding hydrogens is 185 g/mol. The van der Waals surface area contributed by atoms with E-state index in [1.807, 2.05) is 0 Å². The average molecular weight is 197 g/mol. The van der Waals surface area contributed by atoms with Gasteiger partial charge in [0.05, 0.1) is 6.61 Å². The monoisotopic (exact) mass is 197 g/mol. The Morgan fingerprint density at radius 2 is 2.00 bits per heavy atom. The Balaban J connectivity index is 0. The van der Waals surface area contributed by atoms with E-state index in [1.54, 1.807) is 14.0 Å². The van der Waals surface area contributed by atoms with Gasteiger partial charge >= 0.3 is 35.7 Å². The van der Waals surface area contributed by atoms with Crippen LogP contribution in [0.3, 0.4) is 0 Å². The molecule has 5 nitrogen and oxygen atoms in total. The van der Waals surface area contributed by atoms with Crippen molar-refractivity contribution in [3.63, 3.8) is 0 Å². The second kappa shape index (κ2) is 8.34. The fraction of sp³-hybridized carbons (Fsp3) is 0.714. The summed E-state index contributed by atoms with van der Waals surface area (Å²) in [6.07, 6.45) is -0.776. The molecule has 0 bridgehead atoms. The van der Waals surface area contributed by atoms with Crippen LogP contribution in [0.5, 0.6) is 0 Å². The molecule has 0 N–H and O–H groups in total. The third-order valence-corrected chi connectivity index (χ3v) is 1.32. The minimum Gasteiger partial charge on any atom is -0.550 e. The number of amides is 1. The van der Waals surface area contributed by atoms with Gasteiger partial charge in [0.25, 0.3) is 0 Å². The van der Waals surface area contributed by atoms with Gasteiger partial charge in [-0.25, -0.2) is 4.79 Å². The molecule has 0 aromatic carbocycles. The number of nitrogens with zero attached hydrogens (tertiary/aromatic N) is 1. The molecule has 0 atom stereocenters. The Morgan fingerprint density at radius 3 is 2.38 bits per heavy atom. The van der Waals surface area contributed by atoms with Crippen LogP contribution in [-0.2, 0) is 9.53 Å². The quantitative estimate of drug-likeness (QED) is 0.434. The number of carboxylic acids is 1. The molecule has 0 saturated heterocycles. The van der Waals surface area contributed by atoms with Crippen molar-refractivity contribution in [2.75, 3.05) is 20.2 Å². The minimum absolute atomic E-state index is 0. The minimum atomic E-state index is -1.22. The first-order chi connectivity index (χ1) is 5.57. The van der Waals surface area contributed by atoms with E-state index >= 15 is 0 Å². The predicted molar refractivity (Wildman–Crippen MR) is 39.3 cm³/mol. The van der Waals surface area contributed by atoms with E-state index in [9.17, 15) is 14.7 Å². The molecule has 0 fully saturated rings. The first-order valence-corrected chi connectivity index (χ1v) is 3.65. The van der Waals surface area contributed by atoms with Crippen molar-refractivity contribution < 1.29 is 49.0 Å². The molecule has 0 aliphatic carbocycles. The number of carbonyl (C=O) groups excluding carboxylic acids is 2. The van der Waals surface area contributed by atoms with Crippen LogP contribution >= 0.6 is 0 Å². The summed E-state index contributed by atoms with van der Waals surface area (Å²) in [5.74, 6) is -1.22. The number of hydrogen-bond acceptors (Lipinski definition) is 4. The maximum atomic E-state index is 10.8. The van der Waals surface area contributed by atoms with Crippen LogP contribution in [0.25, 0.3) is 0 Å². The summed E-state index contributed by atoms with van der Waals surface area (Å²) in [7, 11) is 1.57. The van der Waals surface area contributed by atoms with E-state index in [0.29, 0.717) is 6.54 Å². The normalized spacial score (nSPS) is 8.46. The van der Waals surface area contributed by atoms with Gasteiger partial charge in [0.15, 0.2) is 0 Å². The summed E-state index contributed by atoms with van der Waals surface area (Å²) in [6.45, 7) is 2.19. The van der Waals surface area contributed by atoms with Gasteiger partial charge in [0.1, 0.15) is 0 Å². The van der Waals surface area contributed by atoms with Crippen molar-refractivity contribution in [2.45, 2.75) is 13.3 Å². The molecule has 0 aromatic heterocycles. The zero-order valence-corrected chi connectivity index (χ0v) is 10.2. The van der Waals surface area contributed by atoms with Gasteiger partial charge in [-0.15, -0.1) is 0 Å². The van der Waals surface area contributed by atoms with Crippen LogP contribution in [0.4, 0.5) is 4.79 Å². The maximum Gasteiger partial charge on any atom is 1.00 e. The molecule has 13 heavy (non-hydrogen) atoms. The van der Waals surface area contributed by atoms with Gasteiger partial charge in [-0.1, -0.05) is 0 Å². The Hall–Kier alpha value is -0.260. The molecule has 0 aliphatic rings. The standard InChI is InChI=1S/C7H13NO4.Na/c1-3-8(2)7(11)12-5-4-6(9)10;/h3-5H2,1-2H3,(H,9,10);/q;+1/p-1. The van der Waals surface area contributed by atoms with Crippen LogP contribution in [0.2, 0.25) is 0 Å². The predicted octanol–water partition coefficient (Wildman–Crippen LogP) is -3.78. The molecule has 0 aromatic rings. The zero-order valence-electron chi connectivity index (χ0n) is 8.20. The summed E-state index contributed by atoms with van der Waals surface area (Å²) in [6, 6.07) is 0. The largest absolute Gasteiger partial charge is 1.00 e. The third-order valence-electron chi connectivity index (χ3n) is 1.32. The number of carboxylic acid groups (broad SMARTS) is 1. The van der Waals surface area contributed by atoms with Crippen molar-refractivity contribution in [3.8, 4) is 0 Å². The molecule has 0 heterocycles. The second-order valence-corrected chi connectivity index (χ2v) is 2.25. The van der Waals surface area contributed by atoms with Crippen molar-refractivity contribution in [1.82, 2.24) is 4.90 Å². The first-order valence-electron chi connectivity index (χ1n) is 3.65. The molecule has 0 radical (unpaired) electrons. The molecule has 0 spiro atoms. The fourth-order valence-corrected chi connectivity index (χ4v) is 0.461. The Bertz CT molecular complexity index is 174. The summed E-state index contributed by atoms with van der Waals surface area (Å²) in [5.41, 5.74) is 0. The third kappa shape index (κ3) is 8.08. The van der Waals surface area contributed by atoms with E-state index in [2.05, 4.69) is 4.74 Å². The van der Waals surface area contributed by atoms with Gasteiger partial charge in [-0.05, 0) is 6.92 Å². The number of hydrogen-bond donors (Lipinski definition) is 0. The SMILES string of the molecule is CCN(C)C(=O)OCCC(=O)[O-].[Na+]. The number of aliphatic carboxylic acids is 1. The van der Waals surface area contributed by atoms with Crippen molar-refractivity contribution in [2.24, 2.45) is 0 Å². The van der Waals surface area contributed by atoms with E-state index in [4.69, 9.17) is 0 Å². The summed E-state index contributed by atoms with van der Waals surface area (Å²) in [4.78, 5) is 22.1. The topological polar surface area (TPSA) is 69.7 Å². The van der Waals surface area contributed by atoms with Crippen LogP contribution in [0, 0.1) is 0 Å². The van der Waals surface area contributed by atoms with E-state index in [-0.39, 0.29) is 42.6 Å². The van der Waals surface area contributed by atoms with Crippen molar-refractivity contribution in [1.29, 1.82) is 0 Å². The first kappa shape index (κ1) is 15.2. The van der Waals surface area contributed by atoms with Gasteiger partial charge in [-0.3, -0.25) is 0 Å². The molecule has 0 saturated carbocycles. The average Bonchev–Trinajstić information content (AvgIpc) is 2.02. The molecule has 0 rings (SSSR count). The maximum absolute atomic E-state index is 10.8. The second-order valence-electron chi connectivity index (χ2n) is 2.25. The number of ether oxygens (including phenoxy) is 1. The van der Waals surface area contributed by atoms with Crippen molar-refractivity contribution >= 4 is 12.1 Å². The Labute approximate surface area is 99.3 Å². The van der Waals surface area contributed by atoms with Gasteiger partial charge in [0.2, 0.25) is 0 Å².